The van der Waals surface area contributed by atoms with Gasteiger partial charge in [-0.3, -0.25) is 4.57 Å². The van der Waals surface area contributed by atoms with Crippen molar-refractivity contribution in [2.75, 3.05) is 25.2 Å². The van der Waals surface area contributed by atoms with Crippen LogP contribution in [0.15, 0.2) is 58.6 Å². The van der Waals surface area contributed by atoms with Crippen LogP contribution in [-0.2, 0) is 11.3 Å². The molecular weight excluding hydrogens is 428 g/mol. The van der Waals surface area contributed by atoms with E-state index in [1.54, 1.807) is 61.0 Å². The summed E-state index contributed by atoms with van der Waals surface area (Å²) in [5, 5.41) is 9.31. The lowest BCUT2D eigenvalue weighted by Gasteiger charge is -2.17. The van der Waals surface area contributed by atoms with Gasteiger partial charge in [0.15, 0.2) is 22.5 Å². The largest absolute Gasteiger partial charge is 0.483 e. The van der Waals surface area contributed by atoms with Gasteiger partial charge in [0, 0.05) is 23.5 Å². The molecule has 0 fully saturated rings. The number of ether oxygens (including phenoxy) is 2. The highest BCUT2D eigenvalue weighted by Crippen LogP contribution is 2.26. The van der Waals surface area contributed by atoms with Crippen LogP contribution in [0.4, 0.5) is 8.78 Å². The zero-order chi connectivity index (χ0) is 21.3. The average molecular weight is 452 g/mol. The molecule has 0 aliphatic carbocycles. The van der Waals surface area contributed by atoms with Gasteiger partial charge in [0.25, 0.3) is 0 Å². The van der Waals surface area contributed by atoms with E-state index in [0.717, 1.165) is 21.6 Å². The number of halogens is 2. The predicted molar refractivity (Wildman–Crippen MR) is 115 cm³/mol. The SMILES string of the molecule is COCC(C)n1c(COc2ccccc2F)nnc1SCCSc1ccc(F)cc1. The minimum Gasteiger partial charge on any atom is -0.483 e. The fourth-order valence-electron chi connectivity index (χ4n) is 2.79. The van der Waals surface area contributed by atoms with Gasteiger partial charge in [-0.25, -0.2) is 8.78 Å². The normalized spacial score (nSPS) is 12.1. The van der Waals surface area contributed by atoms with Crippen LogP contribution < -0.4 is 4.74 Å². The van der Waals surface area contributed by atoms with Gasteiger partial charge in [-0.1, -0.05) is 23.9 Å². The minimum atomic E-state index is -0.416. The molecule has 3 rings (SSSR count). The third-order valence-corrected chi connectivity index (χ3v) is 6.39. The lowest BCUT2D eigenvalue weighted by molar-refractivity contribution is 0.154. The molecule has 0 saturated carbocycles. The lowest BCUT2D eigenvalue weighted by atomic mass is 10.3. The standard InChI is InChI=1S/C21H23F2N3O2S2/c1-15(13-27-2)26-20(14-28-19-6-4-3-5-18(19)23)24-25-21(26)30-12-11-29-17-9-7-16(22)8-10-17/h3-10,15H,11-14H2,1-2H3. The van der Waals surface area contributed by atoms with Crippen molar-refractivity contribution < 1.29 is 18.3 Å². The Balaban J connectivity index is 1.63. The lowest BCUT2D eigenvalue weighted by Crippen LogP contribution is -2.17. The number of rotatable bonds is 11. The van der Waals surface area contributed by atoms with Crippen LogP contribution in [0, 0.1) is 11.6 Å². The van der Waals surface area contributed by atoms with Crippen LogP contribution in [0.25, 0.3) is 0 Å². The van der Waals surface area contributed by atoms with E-state index >= 15 is 0 Å². The van der Waals surface area contributed by atoms with E-state index in [1.807, 2.05) is 11.5 Å². The summed E-state index contributed by atoms with van der Waals surface area (Å²) in [6.45, 7) is 2.60. The third kappa shape index (κ3) is 6.20. The van der Waals surface area contributed by atoms with Crippen LogP contribution in [0.1, 0.15) is 18.8 Å². The Morgan fingerprint density at radius 3 is 2.47 bits per heavy atom. The first kappa shape index (κ1) is 22.6. The molecule has 0 N–H and O–H groups in total. The summed E-state index contributed by atoms with van der Waals surface area (Å²) >= 11 is 3.23. The molecule has 3 aromatic rings. The van der Waals surface area contributed by atoms with Gasteiger partial charge in [-0.05, 0) is 43.3 Å². The van der Waals surface area contributed by atoms with E-state index in [0.29, 0.717) is 12.4 Å². The summed E-state index contributed by atoms with van der Waals surface area (Å²) in [4.78, 5) is 1.02. The van der Waals surface area contributed by atoms with Crippen molar-refractivity contribution in [3.8, 4) is 5.75 Å². The van der Waals surface area contributed by atoms with E-state index in [1.165, 1.54) is 18.2 Å². The van der Waals surface area contributed by atoms with Gasteiger partial charge in [0.05, 0.1) is 12.6 Å². The molecule has 0 aliphatic rings. The molecule has 0 amide bonds. The summed E-state index contributed by atoms with van der Waals surface area (Å²) in [5.41, 5.74) is 0. The highest BCUT2D eigenvalue weighted by molar-refractivity contribution is 8.02. The fraction of sp³-hybridized carbons (Fsp3) is 0.333. The molecule has 1 heterocycles. The highest BCUT2D eigenvalue weighted by atomic mass is 32.2. The van der Waals surface area contributed by atoms with Gasteiger partial charge < -0.3 is 9.47 Å². The summed E-state index contributed by atoms with van der Waals surface area (Å²) in [5.74, 6) is 1.77. The maximum Gasteiger partial charge on any atom is 0.191 e. The van der Waals surface area contributed by atoms with E-state index in [9.17, 15) is 8.78 Å². The number of hydrogen-bond acceptors (Lipinski definition) is 6. The molecule has 9 heteroatoms. The molecule has 160 valence electrons. The Morgan fingerprint density at radius 1 is 1.00 bits per heavy atom. The molecule has 1 atom stereocenters. The third-order valence-electron chi connectivity index (χ3n) is 4.17. The van der Waals surface area contributed by atoms with Crippen LogP contribution in [0.2, 0.25) is 0 Å². The van der Waals surface area contributed by atoms with Crippen LogP contribution >= 0.6 is 23.5 Å². The minimum absolute atomic E-state index is 0.00327. The monoisotopic (exact) mass is 451 g/mol. The van der Waals surface area contributed by atoms with Crippen molar-refractivity contribution in [2.45, 2.75) is 29.6 Å². The van der Waals surface area contributed by atoms with E-state index < -0.39 is 5.82 Å². The number of benzene rings is 2. The Hall–Kier alpha value is -2.10. The second-order valence-electron chi connectivity index (χ2n) is 6.44. The predicted octanol–water partition coefficient (Wildman–Crippen LogP) is 5.23. The highest BCUT2D eigenvalue weighted by Gasteiger charge is 2.19. The second-order valence-corrected chi connectivity index (χ2v) is 8.67. The summed E-state index contributed by atoms with van der Waals surface area (Å²) in [6.07, 6.45) is 0. The number of hydrogen-bond donors (Lipinski definition) is 0. The number of nitrogens with zero attached hydrogens (tertiary/aromatic N) is 3. The zero-order valence-corrected chi connectivity index (χ0v) is 18.4. The molecule has 0 aliphatic heterocycles. The van der Waals surface area contributed by atoms with Gasteiger partial charge in [-0.2, -0.15) is 0 Å². The van der Waals surface area contributed by atoms with Crippen molar-refractivity contribution in [3.05, 3.63) is 66.0 Å². The van der Waals surface area contributed by atoms with Crippen LogP contribution in [-0.4, -0.2) is 40.0 Å². The quantitative estimate of drug-likeness (QED) is 0.294. The van der Waals surface area contributed by atoms with Gasteiger partial charge in [-0.15, -0.1) is 22.0 Å². The van der Waals surface area contributed by atoms with Crippen molar-refractivity contribution >= 4 is 23.5 Å². The topological polar surface area (TPSA) is 49.2 Å². The van der Waals surface area contributed by atoms with Crippen molar-refractivity contribution in [1.82, 2.24) is 14.8 Å². The Kier molecular flexibility index (Phi) is 8.53. The number of thioether (sulfide) groups is 2. The molecule has 1 aromatic heterocycles. The first-order chi connectivity index (χ1) is 14.6. The first-order valence-electron chi connectivity index (χ1n) is 9.39. The second kappa shape index (κ2) is 11.3. The fourth-order valence-corrected chi connectivity index (χ4v) is 4.73. The molecule has 0 bridgehead atoms. The summed E-state index contributed by atoms with van der Waals surface area (Å²) in [6, 6.07) is 12.7. The van der Waals surface area contributed by atoms with Crippen LogP contribution in [0.5, 0.6) is 5.75 Å². The number of methoxy groups -OCH3 is 1. The maximum absolute atomic E-state index is 13.8. The number of aromatic nitrogens is 3. The van der Waals surface area contributed by atoms with Gasteiger partial charge in [0.2, 0.25) is 0 Å². The molecule has 30 heavy (non-hydrogen) atoms. The van der Waals surface area contributed by atoms with Gasteiger partial charge in [0.1, 0.15) is 12.4 Å². The summed E-state index contributed by atoms with van der Waals surface area (Å²) in [7, 11) is 1.64. The molecule has 1 unspecified atom stereocenters. The molecule has 0 radical (unpaired) electrons. The number of para-hydroxylation sites is 1. The average Bonchev–Trinajstić information content (AvgIpc) is 3.15. The van der Waals surface area contributed by atoms with E-state index in [2.05, 4.69) is 10.2 Å². The Bertz CT molecular complexity index is 938. The van der Waals surface area contributed by atoms with Crippen molar-refractivity contribution in [3.63, 3.8) is 0 Å². The van der Waals surface area contributed by atoms with E-state index in [-0.39, 0.29) is 24.2 Å². The van der Waals surface area contributed by atoms with Crippen molar-refractivity contribution in [2.24, 2.45) is 0 Å². The van der Waals surface area contributed by atoms with Gasteiger partial charge >= 0.3 is 0 Å². The summed E-state index contributed by atoms with van der Waals surface area (Å²) < 4.78 is 39.7. The van der Waals surface area contributed by atoms with Crippen molar-refractivity contribution in [1.29, 1.82) is 0 Å². The zero-order valence-electron chi connectivity index (χ0n) is 16.8. The van der Waals surface area contributed by atoms with Crippen LogP contribution in [0.3, 0.4) is 0 Å². The maximum atomic E-state index is 13.8. The molecule has 0 spiro atoms. The van der Waals surface area contributed by atoms with E-state index in [4.69, 9.17) is 9.47 Å². The Labute approximate surface area is 183 Å². The molecular formula is C21H23F2N3O2S2. The molecule has 5 nitrogen and oxygen atoms in total. The smallest absolute Gasteiger partial charge is 0.191 e. The first-order valence-corrected chi connectivity index (χ1v) is 11.4. The molecule has 2 aromatic carbocycles. The molecule has 0 saturated heterocycles. The Morgan fingerprint density at radius 2 is 1.73 bits per heavy atom.